The Balaban J connectivity index is 0.00000208. The minimum absolute atomic E-state index is 0. The van der Waals surface area contributed by atoms with Crippen LogP contribution >= 0.6 is 17.0 Å². The molecule has 3 rings (SSSR count). The molecule has 3 unspecified atom stereocenters. The molecule has 2 aliphatic rings. The molecule has 0 saturated heterocycles. The Bertz CT molecular complexity index is 704. The Hall–Kier alpha value is -1.74. The van der Waals surface area contributed by atoms with E-state index in [1.807, 2.05) is 12.1 Å². The zero-order valence-electron chi connectivity index (χ0n) is 14.5. The van der Waals surface area contributed by atoms with Crippen molar-refractivity contribution < 1.29 is 5.11 Å². The van der Waals surface area contributed by atoms with Crippen molar-refractivity contribution in [2.75, 3.05) is 7.05 Å². The van der Waals surface area contributed by atoms with E-state index >= 15 is 0 Å². The number of aromatic hydroxyl groups is 1. The Morgan fingerprint density at radius 1 is 1.12 bits per heavy atom. The molecule has 24 heavy (non-hydrogen) atoms. The number of halogens is 1. The van der Waals surface area contributed by atoms with Crippen molar-refractivity contribution in [1.82, 2.24) is 4.90 Å². The molecule has 1 aliphatic carbocycles. The summed E-state index contributed by atoms with van der Waals surface area (Å²) in [6, 6.07) is 6.11. The predicted molar refractivity (Wildman–Crippen MR) is 107 cm³/mol. The molecule has 0 radical (unpaired) electrons. The molecule has 3 atom stereocenters. The number of nitrogens with zero attached hydrogens (tertiary/aromatic N) is 1. The SMILES string of the molecule is Br.CCC1C=CC=CC1(c1cc(C)ccc1O)C1C=CC=CN1C. The van der Waals surface area contributed by atoms with E-state index in [0.717, 1.165) is 12.0 Å². The molecular weight excluding hydrogens is 362 g/mol. The molecule has 1 aromatic carbocycles. The minimum atomic E-state index is -0.268. The van der Waals surface area contributed by atoms with Crippen molar-refractivity contribution >= 4 is 17.0 Å². The first-order chi connectivity index (χ1) is 11.1. The minimum Gasteiger partial charge on any atom is -0.508 e. The molecule has 1 aliphatic heterocycles. The zero-order chi connectivity index (χ0) is 16.4. The Morgan fingerprint density at radius 3 is 2.58 bits per heavy atom. The normalized spacial score (nSPS) is 28.0. The lowest BCUT2D eigenvalue weighted by atomic mass is 9.61. The second-order valence-corrected chi connectivity index (χ2v) is 6.55. The second kappa shape index (κ2) is 7.43. The third-order valence-corrected chi connectivity index (χ3v) is 5.15. The van der Waals surface area contributed by atoms with E-state index in [0.29, 0.717) is 11.7 Å². The highest BCUT2D eigenvalue weighted by Gasteiger charge is 2.46. The van der Waals surface area contributed by atoms with Crippen LogP contribution in [0.4, 0.5) is 0 Å². The molecule has 128 valence electrons. The summed E-state index contributed by atoms with van der Waals surface area (Å²) in [5.74, 6) is 0.717. The molecule has 0 saturated carbocycles. The van der Waals surface area contributed by atoms with E-state index in [2.05, 4.69) is 80.6 Å². The summed E-state index contributed by atoms with van der Waals surface area (Å²) < 4.78 is 0. The van der Waals surface area contributed by atoms with Crippen molar-refractivity contribution in [3.05, 3.63) is 78.1 Å². The maximum atomic E-state index is 10.7. The molecule has 0 spiro atoms. The van der Waals surface area contributed by atoms with Crippen LogP contribution in [0.15, 0.2) is 66.9 Å². The molecule has 0 bridgehead atoms. The van der Waals surface area contributed by atoms with Crippen LogP contribution in [0.25, 0.3) is 0 Å². The Morgan fingerprint density at radius 2 is 1.88 bits per heavy atom. The number of phenols is 1. The van der Waals surface area contributed by atoms with Gasteiger partial charge in [-0.3, -0.25) is 0 Å². The summed E-state index contributed by atoms with van der Waals surface area (Å²) in [7, 11) is 2.11. The zero-order valence-corrected chi connectivity index (χ0v) is 16.2. The Labute approximate surface area is 155 Å². The summed E-state index contributed by atoms with van der Waals surface area (Å²) in [5, 5.41) is 10.7. The molecule has 0 fully saturated rings. The van der Waals surface area contributed by atoms with Gasteiger partial charge >= 0.3 is 0 Å². The third-order valence-electron chi connectivity index (χ3n) is 5.15. The molecule has 1 heterocycles. The quantitative estimate of drug-likeness (QED) is 0.783. The van der Waals surface area contributed by atoms with Crippen LogP contribution in [-0.2, 0) is 5.41 Å². The van der Waals surface area contributed by atoms with Gasteiger partial charge in [-0.05, 0) is 37.6 Å². The molecule has 2 nitrogen and oxygen atoms in total. The number of likely N-dealkylation sites (N-methyl/N-ethyl adjacent to an activating group) is 1. The monoisotopic (exact) mass is 387 g/mol. The standard InChI is InChI=1S/C21H25NO.BrH/c1-4-17-9-5-7-13-21(17,20-10-6-8-14-22(20)3)18-15-16(2)11-12-19(18)23;/h5-15,17,20,23H,4H2,1-3H3;1H. The fourth-order valence-electron chi connectivity index (χ4n) is 4.01. The van der Waals surface area contributed by atoms with E-state index in [9.17, 15) is 5.11 Å². The highest BCUT2D eigenvalue weighted by molar-refractivity contribution is 8.93. The lowest BCUT2D eigenvalue weighted by molar-refractivity contribution is 0.217. The molecule has 1 N–H and O–H groups in total. The Kier molecular flexibility index (Phi) is 5.76. The fraction of sp³-hybridized carbons (Fsp3) is 0.333. The number of phenolic OH excluding ortho intramolecular Hbond substituents is 1. The average molecular weight is 388 g/mol. The van der Waals surface area contributed by atoms with Gasteiger partial charge in [-0.1, -0.05) is 61.1 Å². The number of aryl methyl sites for hydroxylation is 1. The number of hydrogen-bond donors (Lipinski definition) is 1. The first kappa shape index (κ1) is 18.6. The molecule has 0 aromatic heterocycles. The fourth-order valence-corrected chi connectivity index (χ4v) is 4.01. The smallest absolute Gasteiger partial charge is 0.119 e. The van der Waals surface area contributed by atoms with Crippen LogP contribution in [0.1, 0.15) is 24.5 Å². The van der Waals surface area contributed by atoms with Crippen LogP contribution in [0, 0.1) is 12.8 Å². The van der Waals surface area contributed by atoms with Crippen LogP contribution in [-0.4, -0.2) is 23.1 Å². The maximum Gasteiger partial charge on any atom is 0.119 e. The number of rotatable bonds is 3. The first-order valence-electron chi connectivity index (χ1n) is 8.32. The molecule has 3 heteroatoms. The summed E-state index contributed by atoms with van der Waals surface area (Å²) >= 11 is 0. The van der Waals surface area contributed by atoms with Gasteiger partial charge in [0.15, 0.2) is 0 Å². The van der Waals surface area contributed by atoms with Crippen LogP contribution in [0.3, 0.4) is 0 Å². The molecular formula is C21H26BrNO. The summed E-state index contributed by atoms with van der Waals surface area (Å²) in [5.41, 5.74) is 1.92. The van der Waals surface area contributed by atoms with Crippen molar-refractivity contribution in [1.29, 1.82) is 0 Å². The summed E-state index contributed by atoms with van der Waals surface area (Å²) in [4.78, 5) is 2.24. The number of benzene rings is 1. The van der Waals surface area contributed by atoms with Crippen molar-refractivity contribution in [3.8, 4) is 5.75 Å². The van der Waals surface area contributed by atoms with Gasteiger partial charge in [0.25, 0.3) is 0 Å². The van der Waals surface area contributed by atoms with Gasteiger partial charge in [0.2, 0.25) is 0 Å². The number of hydrogen-bond acceptors (Lipinski definition) is 2. The van der Waals surface area contributed by atoms with Gasteiger partial charge in [0, 0.05) is 18.0 Å². The van der Waals surface area contributed by atoms with E-state index in [1.54, 1.807) is 0 Å². The lowest BCUT2D eigenvalue weighted by Crippen LogP contribution is -2.50. The average Bonchev–Trinajstić information content (AvgIpc) is 2.57. The van der Waals surface area contributed by atoms with Crippen molar-refractivity contribution in [3.63, 3.8) is 0 Å². The van der Waals surface area contributed by atoms with Crippen molar-refractivity contribution in [2.24, 2.45) is 5.92 Å². The van der Waals surface area contributed by atoms with Gasteiger partial charge in [-0.2, -0.15) is 0 Å². The van der Waals surface area contributed by atoms with Crippen LogP contribution < -0.4 is 0 Å². The van der Waals surface area contributed by atoms with Crippen molar-refractivity contribution in [2.45, 2.75) is 31.7 Å². The second-order valence-electron chi connectivity index (χ2n) is 6.55. The predicted octanol–water partition coefficient (Wildman–Crippen LogP) is 5.05. The third kappa shape index (κ3) is 2.98. The van der Waals surface area contributed by atoms with E-state index in [4.69, 9.17) is 0 Å². The molecule has 0 amide bonds. The maximum absolute atomic E-state index is 10.7. The van der Waals surface area contributed by atoms with E-state index in [1.165, 1.54) is 5.56 Å². The first-order valence-corrected chi connectivity index (χ1v) is 8.32. The topological polar surface area (TPSA) is 23.5 Å². The summed E-state index contributed by atoms with van der Waals surface area (Å²) in [6.07, 6.45) is 18.3. The van der Waals surface area contributed by atoms with Gasteiger partial charge in [0.1, 0.15) is 5.75 Å². The summed E-state index contributed by atoms with van der Waals surface area (Å²) in [6.45, 7) is 4.30. The van der Waals surface area contributed by atoms with Crippen LogP contribution in [0.2, 0.25) is 0 Å². The number of allylic oxidation sites excluding steroid dienone is 5. The van der Waals surface area contributed by atoms with Crippen LogP contribution in [0.5, 0.6) is 5.75 Å². The van der Waals surface area contributed by atoms with Gasteiger partial charge in [0.05, 0.1) is 6.04 Å². The van der Waals surface area contributed by atoms with Gasteiger partial charge in [-0.15, -0.1) is 17.0 Å². The van der Waals surface area contributed by atoms with Gasteiger partial charge < -0.3 is 10.0 Å². The van der Waals surface area contributed by atoms with Gasteiger partial charge in [-0.25, -0.2) is 0 Å². The van der Waals surface area contributed by atoms with E-state index < -0.39 is 0 Å². The highest BCUT2D eigenvalue weighted by Crippen LogP contribution is 2.48. The highest BCUT2D eigenvalue weighted by atomic mass is 79.9. The largest absolute Gasteiger partial charge is 0.508 e. The molecule has 1 aromatic rings. The lowest BCUT2D eigenvalue weighted by Gasteiger charge is -2.48. The van der Waals surface area contributed by atoms with E-state index in [-0.39, 0.29) is 28.4 Å².